The van der Waals surface area contributed by atoms with E-state index < -0.39 is 23.6 Å². The number of aldehydes is 1. The minimum atomic E-state index is -0.813. The van der Waals surface area contributed by atoms with Crippen molar-refractivity contribution in [2.75, 3.05) is 88.9 Å². The maximum atomic E-state index is 17.1. The van der Waals surface area contributed by atoms with Crippen LogP contribution in [0.3, 0.4) is 0 Å². The van der Waals surface area contributed by atoms with E-state index in [1.165, 1.54) is 31.3 Å². The molecular weight excluding hydrogens is 873 g/mol. The fourth-order valence-corrected chi connectivity index (χ4v) is 10.5. The van der Waals surface area contributed by atoms with Crippen LogP contribution < -0.4 is 30.5 Å². The predicted molar refractivity (Wildman–Crippen MR) is 253 cm³/mol. The Balaban J connectivity index is 0.766. The molecule has 4 N–H and O–H groups in total. The highest BCUT2D eigenvalue weighted by atomic mass is 19.1. The number of rotatable bonds is 16. The van der Waals surface area contributed by atoms with Gasteiger partial charge >= 0.3 is 6.01 Å². The number of likely N-dealkylation sites (N-methyl/N-ethyl adjacent to an activating group) is 1. The number of nitrogens with one attached hydrogen (secondary N) is 3. The van der Waals surface area contributed by atoms with Gasteiger partial charge in [-0.25, -0.2) is 13.8 Å². The maximum Gasteiger partial charge on any atom is 0.319 e. The van der Waals surface area contributed by atoms with Crippen molar-refractivity contribution >= 4 is 51.3 Å². The number of aromatic nitrogens is 4. The Morgan fingerprint density at radius 2 is 1.78 bits per heavy atom. The van der Waals surface area contributed by atoms with Crippen molar-refractivity contribution in [1.29, 1.82) is 0 Å². The maximum absolute atomic E-state index is 17.1. The number of carbonyl (C=O) groups excluding carboxylic acids is 3. The van der Waals surface area contributed by atoms with Gasteiger partial charge in [0.05, 0.1) is 29.4 Å². The number of pyridine rings is 2. The molecule has 3 atom stereocenters. The van der Waals surface area contributed by atoms with Crippen molar-refractivity contribution in [2.45, 2.75) is 56.7 Å². The second-order valence-electron chi connectivity index (χ2n) is 19.1. The van der Waals surface area contributed by atoms with E-state index in [9.17, 15) is 19.5 Å². The standard InChI is InChI=1S/C50H55F2N11O5/c1-3-36-39(51)10-6-31-19-35(65)20-37(42(31)36)44-43(52)45-38(22-55-44)46(63-26-32-7-8-33(27-63)56-32)59-49(58-45)68-29-50(12-13-50)28-61-24-30(25-61)23-60-14-16-62(17-15-60)34-9-11-40(54-21-34)48(67)57-41(5-4-18-64)47(66)53-2/h1,6,9-11,18-22,30,32-33,41,56,65H,4-5,7-8,12-17,23-29H2,2H3,(H,53,66)(H,57,67). The first-order valence-corrected chi connectivity index (χ1v) is 23.5. The first kappa shape index (κ1) is 45.2. The minimum Gasteiger partial charge on any atom is -0.508 e. The number of anilines is 2. The molecule has 68 heavy (non-hydrogen) atoms. The van der Waals surface area contributed by atoms with Gasteiger partial charge < -0.3 is 45.3 Å². The molecule has 10 rings (SSSR count). The monoisotopic (exact) mass is 927 g/mol. The van der Waals surface area contributed by atoms with Crippen molar-refractivity contribution in [3.8, 4) is 35.4 Å². The lowest BCUT2D eigenvalue weighted by Gasteiger charge is -2.45. The number of piperazine rings is 2. The smallest absolute Gasteiger partial charge is 0.319 e. The molecule has 2 aromatic carbocycles. The van der Waals surface area contributed by atoms with E-state index >= 15 is 8.78 Å². The number of terminal acetylenes is 1. The van der Waals surface area contributed by atoms with Crippen molar-refractivity contribution in [2.24, 2.45) is 11.3 Å². The molecule has 18 heteroatoms. The van der Waals surface area contributed by atoms with Gasteiger partial charge in [0.15, 0.2) is 5.82 Å². The summed E-state index contributed by atoms with van der Waals surface area (Å²) in [4.78, 5) is 63.8. The normalized spacial score (nSPS) is 20.7. The Bertz CT molecular complexity index is 2780. The molecule has 0 radical (unpaired) electrons. The quantitative estimate of drug-likeness (QED) is 0.0827. The second kappa shape index (κ2) is 18.9. The van der Waals surface area contributed by atoms with Crippen molar-refractivity contribution in [3.05, 3.63) is 71.7 Å². The second-order valence-corrected chi connectivity index (χ2v) is 19.1. The third-order valence-electron chi connectivity index (χ3n) is 14.3. The molecule has 3 aromatic heterocycles. The summed E-state index contributed by atoms with van der Waals surface area (Å²) in [6.45, 7) is 9.22. The van der Waals surface area contributed by atoms with Gasteiger partial charge in [-0.05, 0) is 73.7 Å². The fraction of sp³-hybridized carbons (Fsp3) is 0.460. The molecule has 4 saturated heterocycles. The van der Waals surface area contributed by atoms with Gasteiger partial charge in [-0.15, -0.1) is 6.42 Å². The lowest BCUT2D eigenvalue weighted by atomic mass is 9.96. The first-order chi connectivity index (χ1) is 33.0. The van der Waals surface area contributed by atoms with E-state index in [-0.39, 0.29) is 69.3 Å². The predicted octanol–water partition coefficient (Wildman–Crippen LogP) is 3.88. The van der Waals surface area contributed by atoms with Crippen molar-refractivity contribution in [3.63, 3.8) is 0 Å². The number of benzene rings is 2. The average molecular weight is 928 g/mol. The summed E-state index contributed by atoms with van der Waals surface area (Å²) in [6.07, 6.45) is 14.2. The van der Waals surface area contributed by atoms with Crippen LogP contribution in [0.1, 0.15) is 54.6 Å². The van der Waals surface area contributed by atoms with Crippen LogP contribution in [0.4, 0.5) is 20.3 Å². The molecule has 1 saturated carbocycles. The molecule has 354 valence electrons. The van der Waals surface area contributed by atoms with Gasteiger partial charge in [0.1, 0.15) is 46.6 Å². The van der Waals surface area contributed by atoms with Crippen LogP contribution in [0.2, 0.25) is 0 Å². The van der Waals surface area contributed by atoms with E-state index in [0.29, 0.717) is 54.3 Å². The van der Waals surface area contributed by atoms with Crippen LogP contribution in [0.5, 0.6) is 11.8 Å². The topological polar surface area (TPSA) is 181 Å². The summed E-state index contributed by atoms with van der Waals surface area (Å²) in [7, 11) is 1.49. The third kappa shape index (κ3) is 9.22. The number of ether oxygens (including phenoxy) is 1. The minimum absolute atomic E-state index is 0.0313. The number of phenols is 1. The van der Waals surface area contributed by atoms with E-state index in [4.69, 9.17) is 16.1 Å². The van der Waals surface area contributed by atoms with Gasteiger partial charge in [0, 0.05) is 114 Å². The summed E-state index contributed by atoms with van der Waals surface area (Å²) < 4.78 is 38.5. The number of phenolic OH excluding ortho intramolecular Hbond substituents is 1. The molecule has 2 amide bonds. The van der Waals surface area contributed by atoms with Crippen LogP contribution in [-0.4, -0.2) is 150 Å². The first-order valence-electron chi connectivity index (χ1n) is 23.5. The number of nitrogens with zero attached hydrogens (tertiary/aromatic N) is 8. The fourth-order valence-electron chi connectivity index (χ4n) is 10.5. The number of fused-ring (bicyclic) bond motifs is 4. The Morgan fingerprint density at radius 1 is 1.00 bits per heavy atom. The van der Waals surface area contributed by atoms with Gasteiger partial charge in [-0.2, -0.15) is 9.97 Å². The van der Waals surface area contributed by atoms with Crippen LogP contribution in [0, 0.1) is 35.3 Å². The zero-order chi connectivity index (χ0) is 47.1. The highest BCUT2D eigenvalue weighted by Gasteiger charge is 2.47. The van der Waals surface area contributed by atoms with E-state index in [1.54, 1.807) is 18.5 Å². The Morgan fingerprint density at radius 3 is 2.47 bits per heavy atom. The summed E-state index contributed by atoms with van der Waals surface area (Å²) in [5, 5.41) is 20.7. The molecule has 16 nitrogen and oxygen atoms in total. The number of carbonyl (C=O) groups is 3. The lowest BCUT2D eigenvalue weighted by molar-refractivity contribution is -0.122. The zero-order valence-corrected chi connectivity index (χ0v) is 38.0. The van der Waals surface area contributed by atoms with Crippen LogP contribution in [-0.2, 0) is 9.59 Å². The summed E-state index contributed by atoms with van der Waals surface area (Å²) in [5.41, 5.74) is 1.13. The largest absolute Gasteiger partial charge is 0.508 e. The summed E-state index contributed by atoms with van der Waals surface area (Å²) >= 11 is 0. The summed E-state index contributed by atoms with van der Waals surface area (Å²) in [5.74, 6) is 1.19. The number of hydrogen-bond acceptors (Lipinski definition) is 14. The van der Waals surface area contributed by atoms with Gasteiger partial charge in [-0.3, -0.25) is 19.5 Å². The van der Waals surface area contributed by atoms with Crippen LogP contribution >= 0.6 is 0 Å². The van der Waals surface area contributed by atoms with Crippen molar-refractivity contribution in [1.82, 2.24) is 45.7 Å². The molecule has 1 aliphatic carbocycles. The number of likely N-dealkylation sites (tertiary alicyclic amines) is 1. The van der Waals surface area contributed by atoms with E-state index in [0.717, 1.165) is 90.0 Å². The van der Waals surface area contributed by atoms with Gasteiger partial charge in [-0.1, -0.05) is 12.0 Å². The Labute approximate surface area is 392 Å². The number of aromatic hydroxyl groups is 1. The Kier molecular flexibility index (Phi) is 12.5. The van der Waals surface area contributed by atoms with Gasteiger partial charge in [0.2, 0.25) is 5.91 Å². The zero-order valence-electron chi connectivity index (χ0n) is 38.0. The molecule has 3 unspecified atom stereocenters. The molecule has 5 fully saturated rings. The molecular formula is C50H55F2N11O5. The molecule has 7 heterocycles. The molecule has 4 aliphatic heterocycles. The molecule has 0 spiro atoms. The third-order valence-corrected chi connectivity index (χ3v) is 14.3. The summed E-state index contributed by atoms with van der Waals surface area (Å²) in [6, 6.07) is 8.95. The van der Waals surface area contributed by atoms with Crippen molar-refractivity contribution < 1.29 is 33.0 Å². The average Bonchev–Trinajstić information content (AvgIpc) is 4.03. The highest BCUT2D eigenvalue weighted by Crippen LogP contribution is 2.48. The molecule has 2 bridgehead atoms. The number of hydrogen-bond donors (Lipinski definition) is 4. The lowest BCUT2D eigenvalue weighted by Crippen LogP contribution is -2.56. The molecule has 5 aliphatic rings. The SMILES string of the molecule is C#Cc1c(F)ccc2cc(O)cc(-c3ncc4c(N5CC6CCC(C5)N6)nc(OCC5(CN6CC(CN7CCN(c8ccc(C(=O)NC(CCC=O)C(=O)NC)nc8)CC7)C6)CC5)nc4c3F)c12. The number of halogens is 2. The highest BCUT2D eigenvalue weighted by molar-refractivity contribution is 6.03. The van der Waals surface area contributed by atoms with Gasteiger partial charge in [0.25, 0.3) is 5.91 Å². The number of amides is 2. The molecule has 5 aromatic rings. The van der Waals surface area contributed by atoms with E-state index in [2.05, 4.69) is 56.4 Å². The van der Waals surface area contributed by atoms with Crippen LogP contribution in [0.15, 0.2) is 48.8 Å². The van der Waals surface area contributed by atoms with E-state index in [1.807, 2.05) is 6.07 Å². The Hall–Kier alpha value is -6.55. The van der Waals surface area contributed by atoms with Crippen LogP contribution in [0.25, 0.3) is 32.9 Å².